The normalized spacial score (nSPS) is 11.2. The van der Waals surface area contributed by atoms with Gasteiger partial charge in [-0.3, -0.25) is 4.79 Å². The molecule has 0 saturated carbocycles. The van der Waals surface area contributed by atoms with Gasteiger partial charge in [0.25, 0.3) is 0 Å². The zero-order chi connectivity index (χ0) is 23.0. The second-order valence-electron chi connectivity index (χ2n) is 6.77. The molecule has 2 aromatic carbocycles. The van der Waals surface area contributed by atoms with Crippen molar-refractivity contribution in [3.8, 4) is 11.5 Å². The summed E-state index contributed by atoms with van der Waals surface area (Å²) in [6, 6.07) is 13.8. The average Bonchev–Trinajstić information content (AvgIpc) is 2.81. The molecule has 0 bridgehead atoms. The summed E-state index contributed by atoms with van der Waals surface area (Å²) in [5, 5.41) is 0. The monoisotopic (exact) mass is 440 g/mol. The number of allylic oxidation sites excluding steroid dienone is 1. The Balaban J connectivity index is 2.09. The number of hydrogen-bond donors (Lipinski definition) is 0. The molecule has 6 nitrogen and oxygen atoms in total. The van der Waals surface area contributed by atoms with Crippen LogP contribution in [0.4, 0.5) is 0 Å². The highest BCUT2D eigenvalue weighted by atomic mass is 16.7. The highest BCUT2D eigenvalue weighted by Crippen LogP contribution is 2.25. The topological polar surface area (TPSA) is 63.2 Å². The van der Waals surface area contributed by atoms with Gasteiger partial charge in [-0.2, -0.15) is 0 Å². The van der Waals surface area contributed by atoms with Crippen molar-refractivity contribution in [1.82, 2.24) is 0 Å². The van der Waals surface area contributed by atoms with Gasteiger partial charge in [-0.05, 0) is 55.2 Å². The van der Waals surface area contributed by atoms with Crippen LogP contribution in [-0.2, 0) is 19.0 Å². The highest BCUT2D eigenvalue weighted by molar-refractivity contribution is 5.72. The minimum Gasteiger partial charge on any atom is -0.469 e. The molecule has 172 valence electrons. The predicted molar refractivity (Wildman–Crippen MR) is 126 cm³/mol. The summed E-state index contributed by atoms with van der Waals surface area (Å²) in [6.45, 7) is 5.36. The molecule has 32 heavy (non-hydrogen) atoms. The van der Waals surface area contributed by atoms with Crippen molar-refractivity contribution in [1.29, 1.82) is 0 Å². The third kappa shape index (κ3) is 9.81. The maximum absolute atomic E-state index is 11.2. The molecular weight excluding hydrogens is 408 g/mol. The number of hydrogen-bond acceptors (Lipinski definition) is 6. The van der Waals surface area contributed by atoms with Gasteiger partial charge in [-0.15, -0.1) is 0 Å². The molecular formula is C26H32O6. The Kier molecular flexibility index (Phi) is 11.7. The van der Waals surface area contributed by atoms with E-state index in [1.165, 1.54) is 7.11 Å². The van der Waals surface area contributed by atoms with Crippen LogP contribution in [0.5, 0.6) is 11.5 Å². The van der Waals surface area contributed by atoms with Crippen LogP contribution in [-0.4, -0.2) is 39.9 Å². The molecule has 0 aliphatic carbocycles. The van der Waals surface area contributed by atoms with E-state index in [4.69, 9.17) is 18.9 Å². The number of benzene rings is 2. The van der Waals surface area contributed by atoms with Gasteiger partial charge in [0.2, 0.25) is 0 Å². The second-order valence-corrected chi connectivity index (χ2v) is 6.77. The number of rotatable bonds is 14. The smallest absolute Gasteiger partial charge is 0.305 e. The lowest BCUT2D eigenvalue weighted by Gasteiger charge is -2.11. The van der Waals surface area contributed by atoms with Crippen molar-refractivity contribution in [2.45, 2.75) is 26.7 Å². The summed E-state index contributed by atoms with van der Waals surface area (Å²) in [5.41, 5.74) is 3.05. The van der Waals surface area contributed by atoms with Crippen LogP contribution in [0.2, 0.25) is 0 Å². The van der Waals surface area contributed by atoms with Gasteiger partial charge in [-0.25, -0.2) is 0 Å². The van der Waals surface area contributed by atoms with E-state index in [-0.39, 0.29) is 19.6 Å². The summed E-state index contributed by atoms with van der Waals surface area (Å²) in [4.78, 5) is 11.2. The van der Waals surface area contributed by atoms with E-state index in [0.717, 1.165) is 16.7 Å². The molecule has 6 heteroatoms. The lowest BCUT2D eigenvalue weighted by atomic mass is 10.1. The maximum atomic E-state index is 11.2. The van der Waals surface area contributed by atoms with Crippen LogP contribution in [0.15, 0.2) is 48.5 Å². The Bertz CT molecular complexity index is 859. The third-order valence-corrected chi connectivity index (χ3v) is 4.36. The summed E-state index contributed by atoms with van der Waals surface area (Å²) < 4.78 is 26.5. The molecule has 0 fully saturated rings. The van der Waals surface area contributed by atoms with Crippen molar-refractivity contribution in [2.24, 2.45) is 0 Å². The second kappa shape index (κ2) is 14.8. The minimum absolute atomic E-state index is 0.179. The summed E-state index contributed by atoms with van der Waals surface area (Å²) >= 11 is 0. The standard InChI is InChI=1S/C26H32O6/c1-4-29-19-31-24-16-23(17-25(18-24)32-20-30-5-2)14-13-22-11-8-10-21(15-22)9-6-7-12-26(27)28-3/h6,8-11,13-18H,4-5,7,12,19-20H2,1-3H3. The SMILES string of the molecule is CCOCOc1cc(C=Cc2cccc(C=CCCC(=O)OC)c2)cc(OCOCC)c1. The molecule has 0 radical (unpaired) electrons. The molecule has 0 aliphatic heterocycles. The molecule has 0 aromatic heterocycles. The van der Waals surface area contributed by atoms with E-state index < -0.39 is 0 Å². The molecule has 0 atom stereocenters. The first-order valence-corrected chi connectivity index (χ1v) is 10.7. The fourth-order valence-corrected chi connectivity index (χ4v) is 2.72. The van der Waals surface area contributed by atoms with E-state index in [1.54, 1.807) is 0 Å². The Morgan fingerprint density at radius 2 is 1.41 bits per heavy atom. The van der Waals surface area contributed by atoms with E-state index in [1.807, 2.05) is 74.5 Å². The summed E-state index contributed by atoms with van der Waals surface area (Å²) in [6.07, 6.45) is 9.03. The van der Waals surface area contributed by atoms with Gasteiger partial charge >= 0.3 is 5.97 Å². The van der Waals surface area contributed by atoms with Crippen LogP contribution in [0, 0.1) is 0 Å². The van der Waals surface area contributed by atoms with E-state index in [2.05, 4.69) is 10.8 Å². The van der Waals surface area contributed by atoms with Gasteiger partial charge in [0.1, 0.15) is 11.5 Å². The third-order valence-electron chi connectivity index (χ3n) is 4.36. The van der Waals surface area contributed by atoms with Gasteiger partial charge < -0.3 is 23.7 Å². The largest absolute Gasteiger partial charge is 0.469 e. The van der Waals surface area contributed by atoms with Crippen LogP contribution in [0.3, 0.4) is 0 Å². The van der Waals surface area contributed by atoms with Crippen molar-refractivity contribution in [3.05, 3.63) is 65.2 Å². The number of carbonyl (C=O) groups is 1. The minimum atomic E-state index is -0.205. The van der Waals surface area contributed by atoms with Crippen LogP contribution in [0.1, 0.15) is 43.4 Å². The van der Waals surface area contributed by atoms with E-state index in [9.17, 15) is 4.79 Å². The molecule has 0 amide bonds. The molecule has 0 N–H and O–H groups in total. The molecule has 0 heterocycles. The Hall–Kier alpha value is -3.09. The van der Waals surface area contributed by atoms with E-state index >= 15 is 0 Å². The first kappa shape index (κ1) is 25.2. The van der Waals surface area contributed by atoms with Crippen molar-refractivity contribution < 1.29 is 28.5 Å². The fourth-order valence-electron chi connectivity index (χ4n) is 2.72. The van der Waals surface area contributed by atoms with Crippen molar-refractivity contribution in [2.75, 3.05) is 33.9 Å². The lowest BCUT2D eigenvalue weighted by Crippen LogP contribution is -2.04. The average molecular weight is 441 g/mol. The first-order chi connectivity index (χ1) is 15.6. The first-order valence-electron chi connectivity index (χ1n) is 10.7. The zero-order valence-corrected chi connectivity index (χ0v) is 19.0. The number of methoxy groups -OCH3 is 1. The van der Waals surface area contributed by atoms with E-state index in [0.29, 0.717) is 37.6 Å². The zero-order valence-electron chi connectivity index (χ0n) is 19.0. The maximum Gasteiger partial charge on any atom is 0.305 e. The molecule has 0 spiro atoms. The van der Waals surface area contributed by atoms with Gasteiger partial charge in [0.15, 0.2) is 13.6 Å². The quantitative estimate of drug-likeness (QED) is 0.166. The van der Waals surface area contributed by atoms with Crippen LogP contribution in [0.25, 0.3) is 18.2 Å². The molecule has 0 saturated heterocycles. The van der Waals surface area contributed by atoms with Crippen LogP contribution < -0.4 is 9.47 Å². The molecule has 0 unspecified atom stereocenters. The Labute approximate surface area is 190 Å². The van der Waals surface area contributed by atoms with Crippen LogP contribution >= 0.6 is 0 Å². The Morgan fingerprint density at radius 1 is 0.812 bits per heavy atom. The molecule has 2 rings (SSSR count). The predicted octanol–water partition coefficient (Wildman–Crippen LogP) is 5.57. The lowest BCUT2D eigenvalue weighted by molar-refractivity contribution is -0.140. The van der Waals surface area contributed by atoms with Crippen molar-refractivity contribution >= 4 is 24.2 Å². The highest BCUT2D eigenvalue weighted by Gasteiger charge is 2.03. The summed E-state index contributed by atoms with van der Waals surface area (Å²) in [7, 11) is 1.40. The number of carbonyl (C=O) groups excluding carboxylic acids is 1. The fraction of sp³-hybridized carbons (Fsp3) is 0.346. The van der Waals surface area contributed by atoms with Gasteiger partial charge in [-0.1, -0.05) is 42.5 Å². The number of ether oxygens (including phenoxy) is 5. The summed E-state index contributed by atoms with van der Waals surface area (Å²) in [5.74, 6) is 1.12. The number of esters is 1. The van der Waals surface area contributed by atoms with Crippen molar-refractivity contribution in [3.63, 3.8) is 0 Å². The van der Waals surface area contributed by atoms with Gasteiger partial charge in [0.05, 0.1) is 7.11 Å². The van der Waals surface area contributed by atoms with Gasteiger partial charge in [0, 0.05) is 25.7 Å². The Morgan fingerprint density at radius 3 is 2.00 bits per heavy atom. The molecule has 0 aliphatic rings. The molecule has 2 aromatic rings.